The third kappa shape index (κ3) is 2.90. The molecule has 0 spiro atoms. The van der Waals surface area contributed by atoms with Gasteiger partial charge in [-0.1, -0.05) is 0 Å². The average molecular weight is 326 g/mol. The average Bonchev–Trinajstić information content (AvgIpc) is 3.27. The molecule has 1 saturated carbocycles. The summed E-state index contributed by atoms with van der Waals surface area (Å²) in [6, 6.07) is 4.04. The largest absolute Gasteiger partial charge is 0.369 e. The Kier molecular flexibility index (Phi) is 4.22. The van der Waals surface area contributed by atoms with Gasteiger partial charge >= 0.3 is 0 Å². The standard InChI is InChI=1S/C18H26N6/c1-12-9-21-24(2)18(12)16-5-6-17(23-22-16)20-8-7-13-3-4-14-10-19-11-15(13)14/h5-6,9,13-15,19H,3-4,7-8,10-11H2,1-2H3,(H,20,23). The van der Waals surface area contributed by atoms with Crippen molar-refractivity contribution in [3.8, 4) is 11.4 Å². The number of aryl methyl sites for hydroxylation is 2. The van der Waals surface area contributed by atoms with E-state index in [0.717, 1.165) is 47.1 Å². The lowest BCUT2D eigenvalue weighted by Gasteiger charge is -2.18. The second kappa shape index (κ2) is 6.51. The fourth-order valence-corrected chi connectivity index (χ4v) is 4.48. The number of nitrogens with zero attached hydrogens (tertiary/aromatic N) is 4. The molecule has 1 saturated heterocycles. The SMILES string of the molecule is Cc1cnn(C)c1-c1ccc(NCCC2CCC3CNCC23)nn1. The summed E-state index contributed by atoms with van der Waals surface area (Å²) in [7, 11) is 1.93. The maximum absolute atomic E-state index is 4.36. The summed E-state index contributed by atoms with van der Waals surface area (Å²) in [6.07, 6.45) is 5.88. The van der Waals surface area contributed by atoms with Crippen LogP contribution < -0.4 is 10.6 Å². The Labute approximate surface area is 143 Å². The number of fused-ring (bicyclic) bond motifs is 1. The van der Waals surface area contributed by atoms with Crippen molar-refractivity contribution in [3.63, 3.8) is 0 Å². The third-order valence-corrected chi connectivity index (χ3v) is 5.76. The van der Waals surface area contributed by atoms with Crippen LogP contribution in [0.1, 0.15) is 24.8 Å². The van der Waals surface area contributed by atoms with Gasteiger partial charge in [0.25, 0.3) is 0 Å². The lowest BCUT2D eigenvalue weighted by atomic mass is 9.90. The molecule has 1 aliphatic carbocycles. The van der Waals surface area contributed by atoms with Gasteiger partial charge in [0.05, 0.1) is 11.9 Å². The first-order chi connectivity index (χ1) is 11.7. The Hall–Kier alpha value is -1.95. The van der Waals surface area contributed by atoms with Crippen LogP contribution in [-0.2, 0) is 7.05 Å². The van der Waals surface area contributed by atoms with Crippen molar-refractivity contribution in [1.29, 1.82) is 0 Å². The zero-order valence-electron chi connectivity index (χ0n) is 14.5. The van der Waals surface area contributed by atoms with Gasteiger partial charge in [-0.05, 0) is 74.7 Å². The fourth-order valence-electron chi connectivity index (χ4n) is 4.48. The lowest BCUT2D eigenvalue weighted by Crippen LogP contribution is -2.19. The maximum atomic E-state index is 4.36. The molecule has 128 valence electrons. The minimum atomic E-state index is 0.859. The van der Waals surface area contributed by atoms with Gasteiger partial charge in [0, 0.05) is 13.6 Å². The topological polar surface area (TPSA) is 67.7 Å². The first-order valence-corrected chi connectivity index (χ1v) is 8.99. The molecule has 3 heterocycles. The van der Waals surface area contributed by atoms with Gasteiger partial charge in [-0.2, -0.15) is 5.10 Å². The molecule has 0 bridgehead atoms. The van der Waals surface area contributed by atoms with E-state index >= 15 is 0 Å². The van der Waals surface area contributed by atoms with E-state index in [0.29, 0.717) is 0 Å². The van der Waals surface area contributed by atoms with E-state index in [1.165, 1.54) is 32.4 Å². The first-order valence-electron chi connectivity index (χ1n) is 8.99. The molecule has 3 atom stereocenters. The molecule has 2 N–H and O–H groups in total. The molecular formula is C18H26N6. The number of nitrogens with one attached hydrogen (secondary N) is 2. The van der Waals surface area contributed by atoms with E-state index in [1.54, 1.807) is 0 Å². The van der Waals surface area contributed by atoms with Gasteiger partial charge in [-0.25, -0.2) is 0 Å². The van der Waals surface area contributed by atoms with E-state index in [-0.39, 0.29) is 0 Å². The van der Waals surface area contributed by atoms with Crippen molar-refractivity contribution >= 4 is 5.82 Å². The van der Waals surface area contributed by atoms with Crippen molar-refractivity contribution < 1.29 is 0 Å². The molecule has 24 heavy (non-hydrogen) atoms. The van der Waals surface area contributed by atoms with Crippen LogP contribution in [0.4, 0.5) is 5.82 Å². The quantitative estimate of drug-likeness (QED) is 0.882. The Bertz CT molecular complexity index is 673. The number of hydrogen-bond donors (Lipinski definition) is 2. The van der Waals surface area contributed by atoms with Crippen molar-refractivity contribution in [1.82, 2.24) is 25.3 Å². The predicted molar refractivity (Wildman–Crippen MR) is 94.7 cm³/mol. The monoisotopic (exact) mass is 326 g/mol. The number of rotatable bonds is 5. The van der Waals surface area contributed by atoms with Crippen LogP contribution in [-0.4, -0.2) is 39.6 Å². The first kappa shape index (κ1) is 15.6. The zero-order chi connectivity index (χ0) is 16.5. The normalized spacial score (nSPS) is 25.8. The van der Waals surface area contributed by atoms with Gasteiger partial charge in [0.2, 0.25) is 0 Å². The molecule has 2 aliphatic rings. The molecule has 1 aliphatic heterocycles. The molecule has 6 heteroatoms. The second-order valence-electron chi connectivity index (χ2n) is 7.24. The van der Waals surface area contributed by atoms with E-state index < -0.39 is 0 Å². The summed E-state index contributed by atoms with van der Waals surface area (Å²) < 4.78 is 1.85. The Morgan fingerprint density at radius 1 is 1.25 bits per heavy atom. The summed E-state index contributed by atoms with van der Waals surface area (Å²) in [5, 5.41) is 19.9. The summed E-state index contributed by atoms with van der Waals surface area (Å²) in [5.41, 5.74) is 3.02. The number of hydrogen-bond acceptors (Lipinski definition) is 5. The van der Waals surface area contributed by atoms with Gasteiger partial charge < -0.3 is 10.6 Å². The van der Waals surface area contributed by atoms with Crippen LogP contribution in [0.2, 0.25) is 0 Å². The van der Waals surface area contributed by atoms with E-state index in [4.69, 9.17) is 0 Å². The molecule has 0 radical (unpaired) electrons. The van der Waals surface area contributed by atoms with Crippen LogP contribution in [0, 0.1) is 24.7 Å². The summed E-state index contributed by atoms with van der Waals surface area (Å²) in [5.74, 6) is 3.55. The molecule has 4 rings (SSSR count). The Balaban J connectivity index is 1.33. The highest BCUT2D eigenvalue weighted by molar-refractivity contribution is 5.59. The highest BCUT2D eigenvalue weighted by Gasteiger charge is 2.38. The van der Waals surface area contributed by atoms with Crippen LogP contribution in [0.15, 0.2) is 18.3 Å². The lowest BCUT2D eigenvalue weighted by molar-refractivity contribution is 0.362. The van der Waals surface area contributed by atoms with E-state index in [2.05, 4.69) is 25.9 Å². The van der Waals surface area contributed by atoms with Crippen molar-refractivity contribution in [2.24, 2.45) is 24.8 Å². The fraction of sp³-hybridized carbons (Fsp3) is 0.611. The molecular weight excluding hydrogens is 300 g/mol. The van der Waals surface area contributed by atoms with Crippen LogP contribution in [0.5, 0.6) is 0 Å². The predicted octanol–water partition coefficient (Wildman–Crippen LogP) is 2.23. The molecule has 2 aromatic rings. The van der Waals surface area contributed by atoms with Gasteiger partial charge in [-0.15, -0.1) is 10.2 Å². The highest BCUT2D eigenvalue weighted by atomic mass is 15.3. The summed E-state index contributed by atoms with van der Waals surface area (Å²) in [6.45, 7) is 5.47. The molecule has 3 unspecified atom stereocenters. The molecule has 2 fully saturated rings. The summed E-state index contributed by atoms with van der Waals surface area (Å²) >= 11 is 0. The van der Waals surface area contributed by atoms with Crippen molar-refractivity contribution in [3.05, 3.63) is 23.9 Å². The maximum Gasteiger partial charge on any atom is 0.148 e. The van der Waals surface area contributed by atoms with Gasteiger partial charge in [0.1, 0.15) is 11.5 Å². The van der Waals surface area contributed by atoms with Crippen molar-refractivity contribution in [2.75, 3.05) is 25.0 Å². The zero-order valence-corrected chi connectivity index (χ0v) is 14.5. The van der Waals surface area contributed by atoms with Crippen LogP contribution in [0.3, 0.4) is 0 Å². The van der Waals surface area contributed by atoms with Gasteiger partial charge in [-0.3, -0.25) is 4.68 Å². The Morgan fingerprint density at radius 3 is 2.92 bits per heavy atom. The second-order valence-corrected chi connectivity index (χ2v) is 7.24. The molecule has 0 aromatic carbocycles. The molecule has 0 amide bonds. The van der Waals surface area contributed by atoms with Crippen LogP contribution >= 0.6 is 0 Å². The molecule has 6 nitrogen and oxygen atoms in total. The smallest absolute Gasteiger partial charge is 0.148 e. The summed E-state index contributed by atoms with van der Waals surface area (Å²) in [4.78, 5) is 0. The molecule has 2 aromatic heterocycles. The van der Waals surface area contributed by atoms with E-state index in [9.17, 15) is 0 Å². The minimum Gasteiger partial charge on any atom is -0.369 e. The Morgan fingerprint density at radius 2 is 2.17 bits per heavy atom. The minimum absolute atomic E-state index is 0.859. The van der Waals surface area contributed by atoms with Crippen molar-refractivity contribution in [2.45, 2.75) is 26.2 Å². The third-order valence-electron chi connectivity index (χ3n) is 5.76. The van der Waals surface area contributed by atoms with Crippen LogP contribution in [0.25, 0.3) is 11.4 Å². The highest BCUT2D eigenvalue weighted by Crippen LogP contribution is 2.40. The number of anilines is 1. The van der Waals surface area contributed by atoms with Gasteiger partial charge in [0.15, 0.2) is 0 Å². The number of aromatic nitrogens is 4. The van der Waals surface area contributed by atoms with E-state index in [1.807, 2.05) is 37.0 Å².